The lowest BCUT2D eigenvalue weighted by Gasteiger charge is -2.12. The Morgan fingerprint density at radius 3 is 2.68 bits per heavy atom. The zero-order valence-corrected chi connectivity index (χ0v) is 16.0. The molecule has 0 atom stereocenters. The van der Waals surface area contributed by atoms with E-state index in [0.717, 1.165) is 11.3 Å². The van der Waals surface area contributed by atoms with Crippen molar-refractivity contribution in [1.29, 1.82) is 0 Å². The number of amides is 1. The summed E-state index contributed by atoms with van der Waals surface area (Å²) < 4.78 is 10.9. The molecule has 3 rings (SSSR count). The fourth-order valence-corrected chi connectivity index (χ4v) is 2.62. The van der Waals surface area contributed by atoms with E-state index in [1.807, 2.05) is 44.2 Å². The fraction of sp³-hybridized carbons (Fsp3) is 0.190. The van der Waals surface area contributed by atoms with Gasteiger partial charge in [-0.25, -0.2) is 9.97 Å². The van der Waals surface area contributed by atoms with Gasteiger partial charge in [0.05, 0.1) is 25.1 Å². The second kappa shape index (κ2) is 8.85. The van der Waals surface area contributed by atoms with E-state index < -0.39 is 0 Å². The smallest absolute Gasteiger partial charge is 0.274 e. The fourth-order valence-electron chi connectivity index (χ4n) is 2.62. The molecule has 3 aromatic rings. The number of aromatic nitrogens is 2. The van der Waals surface area contributed by atoms with Crippen LogP contribution >= 0.6 is 0 Å². The third-order valence-corrected chi connectivity index (χ3v) is 3.92. The van der Waals surface area contributed by atoms with Crippen LogP contribution in [0.1, 0.15) is 23.0 Å². The number of benzene rings is 2. The summed E-state index contributed by atoms with van der Waals surface area (Å²) in [5.41, 5.74) is 2.60. The van der Waals surface area contributed by atoms with Crippen LogP contribution in [0.25, 0.3) is 0 Å². The maximum absolute atomic E-state index is 12.6. The average molecular weight is 378 g/mol. The number of carbonyl (C=O) groups excluding carboxylic acids is 1. The summed E-state index contributed by atoms with van der Waals surface area (Å²) in [6.45, 7) is 4.37. The highest BCUT2D eigenvalue weighted by molar-refractivity contribution is 6.03. The van der Waals surface area contributed by atoms with E-state index in [1.54, 1.807) is 25.3 Å². The normalized spacial score (nSPS) is 10.2. The third-order valence-electron chi connectivity index (χ3n) is 3.92. The molecule has 144 valence electrons. The van der Waals surface area contributed by atoms with Crippen molar-refractivity contribution in [1.82, 2.24) is 9.97 Å². The number of hydrogen-bond acceptors (Lipinski definition) is 6. The Bertz CT molecular complexity index is 975. The van der Waals surface area contributed by atoms with Crippen LogP contribution in [-0.2, 0) is 0 Å². The lowest BCUT2D eigenvalue weighted by Crippen LogP contribution is -2.15. The van der Waals surface area contributed by atoms with Crippen molar-refractivity contribution in [3.8, 4) is 11.5 Å². The van der Waals surface area contributed by atoms with Crippen molar-refractivity contribution in [3.05, 3.63) is 66.0 Å². The average Bonchev–Trinajstić information content (AvgIpc) is 2.70. The Morgan fingerprint density at radius 2 is 1.89 bits per heavy atom. The molecule has 0 aliphatic rings. The van der Waals surface area contributed by atoms with Gasteiger partial charge in [0.25, 0.3) is 5.91 Å². The Kier molecular flexibility index (Phi) is 6.06. The van der Waals surface area contributed by atoms with Crippen molar-refractivity contribution in [2.45, 2.75) is 13.8 Å². The Hall–Kier alpha value is -3.61. The van der Waals surface area contributed by atoms with Crippen LogP contribution in [0.5, 0.6) is 11.5 Å². The molecule has 7 heteroatoms. The van der Waals surface area contributed by atoms with E-state index in [4.69, 9.17) is 9.47 Å². The molecule has 0 radical (unpaired) electrons. The summed E-state index contributed by atoms with van der Waals surface area (Å²) in [6.07, 6.45) is 1.53. The van der Waals surface area contributed by atoms with Crippen LogP contribution in [0, 0.1) is 6.92 Å². The quantitative estimate of drug-likeness (QED) is 0.641. The predicted molar refractivity (Wildman–Crippen MR) is 109 cm³/mol. The molecule has 1 amide bonds. The standard InChI is InChI=1S/C21H22N4O3/c1-4-28-19-8-6-5-7-15(19)23-20(26)16-11-12-22-21(24-16)25-17-13-14(2)9-10-18(17)27-3/h5-13H,4H2,1-3H3,(H,23,26)(H,22,24,25). The van der Waals surface area contributed by atoms with Gasteiger partial charge in [0.15, 0.2) is 0 Å². The molecule has 7 nitrogen and oxygen atoms in total. The van der Waals surface area contributed by atoms with E-state index in [0.29, 0.717) is 29.7 Å². The molecule has 0 aliphatic heterocycles. The van der Waals surface area contributed by atoms with Crippen LogP contribution in [0.4, 0.5) is 17.3 Å². The summed E-state index contributed by atoms with van der Waals surface area (Å²) in [5.74, 6) is 1.22. The number of nitrogens with one attached hydrogen (secondary N) is 2. The van der Waals surface area contributed by atoms with Crippen LogP contribution in [0.3, 0.4) is 0 Å². The monoisotopic (exact) mass is 378 g/mol. The van der Waals surface area contributed by atoms with E-state index in [-0.39, 0.29) is 11.6 Å². The van der Waals surface area contributed by atoms with Crippen molar-refractivity contribution in [2.75, 3.05) is 24.4 Å². The van der Waals surface area contributed by atoms with Gasteiger partial charge in [-0.05, 0) is 49.7 Å². The number of anilines is 3. The number of nitrogens with zero attached hydrogens (tertiary/aromatic N) is 2. The SMILES string of the molecule is CCOc1ccccc1NC(=O)c1ccnc(Nc2cc(C)ccc2OC)n1. The summed E-state index contributed by atoms with van der Waals surface area (Å²) in [5, 5.41) is 5.93. The lowest BCUT2D eigenvalue weighted by atomic mass is 10.2. The molecule has 0 unspecified atom stereocenters. The number of hydrogen-bond donors (Lipinski definition) is 2. The van der Waals surface area contributed by atoms with E-state index in [9.17, 15) is 4.79 Å². The highest BCUT2D eigenvalue weighted by atomic mass is 16.5. The largest absolute Gasteiger partial charge is 0.495 e. The first-order valence-electron chi connectivity index (χ1n) is 8.88. The Balaban J connectivity index is 1.80. The van der Waals surface area contributed by atoms with E-state index >= 15 is 0 Å². The molecule has 1 heterocycles. The molecule has 1 aromatic heterocycles. The molecular weight excluding hydrogens is 356 g/mol. The second-order valence-corrected chi connectivity index (χ2v) is 5.98. The minimum Gasteiger partial charge on any atom is -0.495 e. The van der Waals surface area contributed by atoms with Gasteiger partial charge in [-0.2, -0.15) is 0 Å². The van der Waals surface area contributed by atoms with Crippen LogP contribution in [0.2, 0.25) is 0 Å². The molecule has 0 spiro atoms. The molecule has 0 saturated heterocycles. The lowest BCUT2D eigenvalue weighted by molar-refractivity contribution is 0.102. The van der Waals surface area contributed by atoms with Crippen LogP contribution in [-0.4, -0.2) is 29.6 Å². The molecule has 0 fully saturated rings. The summed E-state index contributed by atoms with van der Waals surface area (Å²) >= 11 is 0. The molecule has 2 aromatic carbocycles. The molecular formula is C21H22N4O3. The van der Waals surface area contributed by atoms with Crippen molar-refractivity contribution in [3.63, 3.8) is 0 Å². The summed E-state index contributed by atoms with van der Waals surface area (Å²) in [7, 11) is 1.59. The zero-order valence-electron chi connectivity index (χ0n) is 16.0. The molecule has 2 N–H and O–H groups in total. The minimum atomic E-state index is -0.353. The van der Waals surface area contributed by atoms with Gasteiger partial charge in [0, 0.05) is 6.20 Å². The van der Waals surface area contributed by atoms with Gasteiger partial charge >= 0.3 is 0 Å². The number of methoxy groups -OCH3 is 1. The summed E-state index contributed by atoms with van der Waals surface area (Å²) in [4.78, 5) is 21.2. The predicted octanol–water partition coefficient (Wildman–Crippen LogP) is 4.19. The minimum absolute atomic E-state index is 0.232. The summed E-state index contributed by atoms with van der Waals surface area (Å²) in [6, 6.07) is 14.5. The van der Waals surface area contributed by atoms with Gasteiger partial charge in [-0.15, -0.1) is 0 Å². The van der Waals surface area contributed by atoms with Crippen molar-refractivity contribution >= 4 is 23.2 Å². The van der Waals surface area contributed by atoms with Crippen LogP contribution in [0.15, 0.2) is 54.7 Å². The number of aryl methyl sites for hydroxylation is 1. The maximum atomic E-state index is 12.6. The van der Waals surface area contributed by atoms with Gasteiger partial charge in [0.1, 0.15) is 17.2 Å². The number of para-hydroxylation sites is 2. The Labute approximate surface area is 163 Å². The first-order valence-corrected chi connectivity index (χ1v) is 8.88. The molecule has 0 bridgehead atoms. The first kappa shape index (κ1) is 19.2. The topological polar surface area (TPSA) is 85.4 Å². The molecule has 28 heavy (non-hydrogen) atoms. The highest BCUT2D eigenvalue weighted by Crippen LogP contribution is 2.27. The maximum Gasteiger partial charge on any atom is 0.274 e. The second-order valence-electron chi connectivity index (χ2n) is 5.98. The van der Waals surface area contributed by atoms with E-state index in [2.05, 4.69) is 20.6 Å². The van der Waals surface area contributed by atoms with Crippen molar-refractivity contribution < 1.29 is 14.3 Å². The molecule has 0 saturated carbocycles. The van der Waals surface area contributed by atoms with E-state index in [1.165, 1.54) is 6.20 Å². The van der Waals surface area contributed by atoms with Gasteiger partial charge in [-0.1, -0.05) is 18.2 Å². The van der Waals surface area contributed by atoms with Crippen LogP contribution < -0.4 is 20.1 Å². The van der Waals surface area contributed by atoms with Gasteiger partial charge in [-0.3, -0.25) is 4.79 Å². The van der Waals surface area contributed by atoms with Crippen molar-refractivity contribution in [2.24, 2.45) is 0 Å². The zero-order chi connectivity index (χ0) is 19.9. The number of carbonyl (C=O) groups is 1. The Morgan fingerprint density at radius 1 is 1.07 bits per heavy atom. The highest BCUT2D eigenvalue weighted by Gasteiger charge is 2.13. The van der Waals surface area contributed by atoms with Gasteiger partial charge < -0.3 is 20.1 Å². The molecule has 0 aliphatic carbocycles. The van der Waals surface area contributed by atoms with Gasteiger partial charge in [0.2, 0.25) is 5.95 Å². The number of rotatable bonds is 7. The first-order chi connectivity index (χ1) is 13.6. The number of ether oxygens (including phenoxy) is 2. The third kappa shape index (κ3) is 4.56.